The fourth-order valence-electron chi connectivity index (χ4n) is 2.92. The minimum absolute atomic E-state index is 0.440. The molecular weight excluding hydrogens is 172 g/mol. The minimum Gasteiger partial charge on any atom is -0.385 e. The third kappa shape index (κ3) is 2.38. The summed E-state index contributed by atoms with van der Waals surface area (Å²) in [5.74, 6) is 1.67. The van der Waals surface area contributed by atoms with E-state index in [1.165, 1.54) is 12.8 Å². The van der Waals surface area contributed by atoms with Crippen LogP contribution < -0.4 is 0 Å². The van der Waals surface area contributed by atoms with Crippen LogP contribution in [0.25, 0.3) is 0 Å². The van der Waals surface area contributed by atoms with Crippen molar-refractivity contribution < 1.29 is 5.11 Å². The highest BCUT2D eigenvalue weighted by atomic mass is 16.3. The first kappa shape index (κ1) is 11.8. The predicted molar refractivity (Wildman–Crippen MR) is 61.1 cm³/mol. The lowest BCUT2D eigenvalue weighted by atomic mass is 9.67. The first-order valence-electron chi connectivity index (χ1n) is 5.86. The molecule has 0 aliphatic heterocycles. The number of allylic oxidation sites excluding steroid dienone is 1. The Hall–Kier alpha value is -0.300. The van der Waals surface area contributed by atoms with Gasteiger partial charge in [0.25, 0.3) is 0 Å². The fraction of sp³-hybridized carbons (Fsp3) is 0.846. The van der Waals surface area contributed by atoms with Crippen molar-refractivity contribution in [3.8, 4) is 0 Å². The van der Waals surface area contributed by atoms with Crippen LogP contribution in [0.5, 0.6) is 0 Å². The molecule has 0 amide bonds. The van der Waals surface area contributed by atoms with Crippen LogP contribution in [0.15, 0.2) is 12.2 Å². The van der Waals surface area contributed by atoms with E-state index in [0.717, 1.165) is 6.42 Å². The number of aliphatic hydroxyl groups is 1. The number of hydrogen-bond donors (Lipinski definition) is 1. The summed E-state index contributed by atoms with van der Waals surface area (Å²) in [5.41, 5.74) is -0.541. The Morgan fingerprint density at radius 2 is 2.00 bits per heavy atom. The third-order valence-electron chi connectivity index (χ3n) is 3.55. The van der Waals surface area contributed by atoms with Crippen LogP contribution in [-0.2, 0) is 0 Å². The Morgan fingerprint density at radius 1 is 1.36 bits per heavy atom. The van der Waals surface area contributed by atoms with E-state index in [0.29, 0.717) is 17.8 Å². The molecule has 1 rings (SSSR count). The normalized spacial score (nSPS) is 39.6. The van der Waals surface area contributed by atoms with E-state index in [2.05, 4.69) is 20.8 Å². The summed E-state index contributed by atoms with van der Waals surface area (Å²) in [6.45, 7) is 8.67. The Labute approximate surface area is 88.2 Å². The molecule has 0 radical (unpaired) electrons. The molecule has 0 spiro atoms. The lowest BCUT2D eigenvalue weighted by Crippen LogP contribution is -2.43. The van der Waals surface area contributed by atoms with Crippen LogP contribution in [0, 0.1) is 17.8 Å². The first-order valence-corrected chi connectivity index (χ1v) is 5.86. The van der Waals surface area contributed by atoms with E-state index >= 15 is 0 Å². The van der Waals surface area contributed by atoms with Crippen molar-refractivity contribution in [3.05, 3.63) is 12.2 Å². The summed E-state index contributed by atoms with van der Waals surface area (Å²) in [5, 5.41) is 10.6. The standard InChI is InChI=1S/C13H24O/c1-5-8-13(14)9-11(4)6-7-12(13)10(2)3/h5,8,10-12,14H,6-7,9H2,1-4H3/b8-5+/t11-,12+,13+/m0/s1. The van der Waals surface area contributed by atoms with Crippen molar-refractivity contribution in [2.24, 2.45) is 17.8 Å². The van der Waals surface area contributed by atoms with Gasteiger partial charge >= 0.3 is 0 Å². The molecule has 0 bridgehead atoms. The van der Waals surface area contributed by atoms with Gasteiger partial charge in [0.05, 0.1) is 5.60 Å². The van der Waals surface area contributed by atoms with Crippen molar-refractivity contribution in [2.75, 3.05) is 0 Å². The molecule has 1 aliphatic rings. The number of rotatable bonds is 2. The average molecular weight is 196 g/mol. The third-order valence-corrected chi connectivity index (χ3v) is 3.55. The molecule has 0 aromatic rings. The molecule has 1 N–H and O–H groups in total. The largest absolute Gasteiger partial charge is 0.385 e. The van der Waals surface area contributed by atoms with Crippen molar-refractivity contribution in [3.63, 3.8) is 0 Å². The second kappa shape index (κ2) is 4.48. The second-order valence-corrected chi connectivity index (χ2v) is 5.23. The first-order chi connectivity index (χ1) is 6.49. The van der Waals surface area contributed by atoms with Crippen LogP contribution in [0.1, 0.15) is 47.0 Å². The van der Waals surface area contributed by atoms with Gasteiger partial charge in [-0.3, -0.25) is 0 Å². The van der Waals surface area contributed by atoms with Crippen LogP contribution in [0.2, 0.25) is 0 Å². The Morgan fingerprint density at radius 3 is 2.50 bits per heavy atom. The van der Waals surface area contributed by atoms with Gasteiger partial charge in [-0.25, -0.2) is 0 Å². The van der Waals surface area contributed by atoms with E-state index < -0.39 is 5.60 Å². The maximum absolute atomic E-state index is 10.6. The van der Waals surface area contributed by atoms with Crippen molar-refractivity contribution >= 4 is 0 Å². The summed E-state index contributed by atoms with van der Waals surface area (Å²) in [4.78, 5) is 0. The summed E-state index contributed by atoms with van der Waals surface area (Å²) in [6, 6.07) is 0. The summed E-state index contributed by atoms with van der Waals surface area (Å²) >= 11 is 0. The van der Waals surface area contributed by atoms with E-state index in [4.69, 9.17) is 0 Å². The zero-order valence-corrected chi connectivity index (χ0v) is 9.96. The summed E-state index contributed by atoms with van der Waals surface area (Å²) < 4.78 is 0. The zero-order chi connectivity index (χ0) is 10.8. The van der Waals surface area contributed by atoms with Crippen LogP contribution in [0.4, 0.5) is 0 Å². The van der Waals surface area contributed by atoms with Crippen molar-refractivity contribution in [1.82, 2.24) is 0 Å². The van der Waals surface area contributed by atoms with E-state index in [1.807, 2.05) is 19.1 Å². The Bertz CT molecular complexity index is 207. The molecule has 3 atom stereocenters. The van der Waals surface area contributed by atoms with Gasteiger partial charge in [-0.2, -0.15) is 0 Å². The zero-order valence-electron chi connectivity index (χ0n) is 9.96. The molecule has 0 heterocycles. The van der Waals surface area contributed by atoms with Gasteiger partial charge in [-0.1, -0.05) is 39.3 Å². The molecular formula is C13H24O. The smallest absolute Gasteiger partial charge is 0.0860 e. The number of hydrogen-bond acceptors (Lipinski definition) is 1. The molecule has 1 fully saturated rings. The predicted octanol–water partition coefficient (Wildman–Crippen LogP) is 3.39. The highest BCUT2D eigenvalue weighted by molar-refractivity contribution is 5.07. The molecule has 0 aromatic carbocycles. The quantitative estimate of drug-likeness (QED) is 0.671. The SMILES string of the molecule is C/C=C/[C@@]1(O)C[C@@H](C)CC[C@@H]1C(C)C. The molecule has 14 heavy (non-hydrogen) atoms. The van der Waals surface area contributed by atoms with Crippen LogP contribution in [-0.4, -0.2) is 10.7 Å². The molecule has 0 saturated heterocycles. The molecule has 82 valence electrons. The van der Waals surface area contributed by atoms with Gasteiger partial charge in [0.2, 0.25) is 0 Å². The lowest BCUT2D eigenvalue weighted by molar-refractivity contribution is -0.0408. The lowest BCUT2D eigenvalue weighted by Gasteiger charge is -2.43. The molecule has 1 aliphatic carbocycles. The molecule has 1 saturated carbocycles. The Balaban J connectivity index is 2.82. The topological polar surface area (TPSA) is 20.2 Å². The van der Waals surface area contributed by atoms with Crippen molar-refractivity contribution in [1.29, 1.82) is 0 Å². The minimum atomic E-state index is -0.541. The van der Waals surface area contributed by atoms with E-state index in [9.17, 15) is 5.11 Å². The second-order valence-electron chi connectivity index (χ2n) is 5.23. The van der Waals surface area contributed by atoms with Crippen molar-refractivity contribution in [2.45, 2.75) is 52.6 Å². The van der Waals surface area contributed by atoms with E-state index in [1.54, 1.807) is 0 Å². The van der Waals surface area contributed by atoms with Gasteiger partial charge in [-0.15, -0.1) is 0 Å². The average Bonchev–Trinajstić information content (AvgIpc) is 2.02. The summed E-state index contributed by atoms with van der Waals surface area (Å²) in [7, 11) is 0. The monoisotopic (exact) mass is 196 g/mol. The molecule has 0 unspecified atom stereocenters. The molecule has 0 aromatic heterocycles. The van der Waals surface area contributed by atoms with Gasteiger partial charge < -0.3 is 5.11 Å². The maximum Gasteiger partial charge on any atom is 0.0860 e. The molecule has 1 heteroatoms. The highest BCUT2D eigenvalue weighted by Crippen LogP contribution is 2.41. The highest BCUT2D eigenvalue weighted by Gasteiger charge is 2.40. The Kier molecular flexibility index (Phi) is 3.77. The maximum atomic E-state index is 10.6. The summed E-state index contributed by atoms with van der Waals surface area (Å²) in [6.07, 6.45) is 7.36. The van der Waals surface area contributed by atoms with Crippen LogP contribution >= 0.6 is 0 Å². The van der Waals surface area contributed by atoms with Gasteiger partial charge in [0.15, 0.2) is 0 Å². The van der Waals surface area contributed by atoms with Crippen LogP contribution in [0.3, 0.4) is 0 Å². The van der Waals surface area contributed by atoms with Gasteiger partial charge in [0.1, 0.15) is 0 Å². The van der Waals surface area contributed by atoms with E-state index in [-0.39, 0.29) is 0 Å². The fourth-order valence-corrected chi connectivity index (χ4v) is 2.92. The van der Waals surface area contributed by atoms with Gasteiger partial charge in [-0.05, 0) is 37.5 Å². The molecule has 1 nitrogen and oxygen atoms in total. The van der Waals surface area contributed by atoms with Gasteiger partial charge in [0, 0.05) is 0 Å².